The molecular formula is C22H27BrN6. The summed E-state index contributed by atoms with van der Waals surface area (Å²) in [6.07, 6.45) is 4.57. The van der Waals surface area contributed by atoms with Crippen molar-refractivity contribution in [2.24, 2.45) is 0 Å². The molecular weight excluding hydrogens is 428 g/mol. The lowest BCUT2D eigenvalue weighted by Crippen LogP contribution is -2.17. The molecule has 2 aromatic heterocycles. The number of nitrogens with one attached hydrogen (secondary N) is 2. The van der Waals surface area contributed by atoms with Gasteiger partial charge >= 0.3 is 0 Å². The Morgan fingerprint density at radius 1 is 1.00 bits per heavy atom. The zero-order valence-corrected chi connectivity index (χ0v) is 18.9. The Morgan fingerprint density at radius 3 is 2.34 bits per heavy atom. The molecule has 0 spiro atoms. The molecule has 2 N–H and O–H groups in total. The summed E-state index contributed by atoms with van der Waals surface area (Å²) in [6.45, 7) is 6.00. The number of pyridine rings is 1. The SMILES string of the molecule is Cc1cc(Br)cc(C)c1Nc1cc(-c2ccncc2)nc(NCCCN(C)C)n1. The van der Waals surface area contributed by atoms with E-state index in [4.69, 9.17) is 9.97 Å². The van der Waals surface area contributed by atoms with E-state index in [2.05, 4.69) is 76.5 Å². The summed E-state index contributed by atoms with van der Waals surface area (Å²) in [5, 5.41) is 6.85. The van der Waals surface area contributed by atoms with Gasteiger partial charge in [0.05, 0.1) is 5.69 Å². The number of anilines is 3. The highest BCUT2D eigenvalue weighted by Crippen LogP contribution is 2.29. The lowest BCUT2D eigenvalue weighted by Gasteiger charge is -2.15. The van der Waals surface area contributed by atoms with Crippen LogP contribution in [0.4, 0.5) is 17.5 Å². The first kappa shape index (κ1) is 21.2. The molecule has 0 radical (unpaired) electrons. The summed E-state index contributed by atoms with van der Waals surface area (Å²) >= 11 is 3.56. The van der Waals surface area contributed by atoms with Gasteiger partial charge < -0.3 is 15.5 Å². The van der Waals surface area contributed by atoms with Gasteiger partial charge in [0.2, 0.25) is 5.95 Å². The third kappa shape index (κ3) is 5.98. The predicted molar refractivity (Wildman–Crippen MR) is 124 cm³/mol. The van der Waals surface area contributed by atoms with Gasteiger partial charge in [-0.05, 0) is 76.3 Å². The maximum absolute atomic E-state index is 4.71. The van der Waals surface area contributed by atoms with Crippen LogP contribution in [0.1, 0.15) is 17.5 Å². The first-order chi connectivity index (χ1) is 13.9. The molecule has 6 nitrogen and oxygen atoms in total. The highest BCUT2D eigenvalue weighted by Gasteiger charge is 2.10. The fraction of sp³-hybridized carbons (Fsp3) is 0.318. The van der Waals surface area contributed by atoms with Gasteiger partial charge in [-0.2, -0.15) is 4.98 Å². The zero-order chi connectivity index (χ0) is 20.8. The molecule has 1 aromatic carbocycles. The van der Waals surface area contributed by atoms with E-state index in [0.29, 0.717) is 5.95 Å². The van der Waals surface area contributed by atoms with Crippen LogP contribution in [0.3, 0.4) is 0 Å². The predicted octanol–water partition coefficient (Wildman–Crippen LogP) is 5.03. The first-order valence-electron chi connectivity index (χ1n) is 9.64. The summed E-state index contributed by atoms with van der Waals surface area (Å²) in [5.74, 6) is 1.38. The van der Waals surface area contributed by atoms with Gasteiger partial charge in [-0.1, -0.05) is 15.9 Å². The molecule has 0 aliphatic carbocycles. The third-order valence-electron chi connectivity index (χ3n) is 4.52. The second-order valence-corrected chi connectivity index (χ2v) is 8.24. The molecule has 3 aromatic rings. The topological polar surface area (TPSA) is 66.0 Å². The van der Waals surface area contributed by atoms with E-state index in [-0.39, 0.29) is 0 Å². The van der Waals surface area contributed by atoms with Crippen LogP contribution in [-0.2, 0) is 0 Å². The van der Waals surface area contributed by atoms with Crippen molar-refractivity contribution in [1.29, 1.82) is 0 Å². The van der Waals surface area contributed by atoms with Crippen LogP contribution in [0.2, 0.25) is 0 Å². The van der Waals surface area contributed by atoms with Crippen LogP contribution in [0, 0.1) is 13.8 Å². The van der Waals surface area contributed by atoms with Crippen LogP contribution >= 0.6 is 15.9 Å². The van der Waals surface area contributed by atoms with Crippen molar-refractivity contribution in [3.63, 3.8) is 0 Å². The smallest absolute Gasteiger partial charge is 0.225 e. The molecule has 0 saturated carbocycles. The van der Waals surface area contributed by atoms with E-state index in [9.17, 15) is 0 Å². The maximum Gasteiger partial charge on any atom is 0.225 e. The lowest BCUT2D eigenvalue weighted by atomic mass is 10.1. The van der Waals surface area contributed by atoms with Gasteiger partial charge in [-0.15, -0.1) is 0 Å². The number of nitrogens with zero attached hydrogens (tertiary/aromatic N) is 4. The van der Waals surface area contributed by atoms with Crippen molar-refractivity contribution in [3.05, 3.63) is 58.3 Å². The highest BCUT2D eigenvalue weighted by atomic mass is 79.9. The summed E-state index contributed by atoms with van der Waals surface area (Å²) in [6, 6.07) is 10.1. The van der Waals surface area contributed by atoms with E-state index >= 15 is 0 Å². The minimum absolute atomic E-state index is 0.619. The molecule has 0 fully saturated rings. The average molecular weight is 455 g/mol. The standard InChI is InChI=1S/C22H27BrN6/c1-15-12-18(23)13-16(2)21(15)27-20-14-19(17-6-9-24-10-7-17)26-22(28-20)25-8-5-11-29(3)4/h6-7,9-10,12-14H,5,8,11H2,1-4H3,(H2,25,26,27,28). The molecule has 0 saturated heterocycles. The molecule has 0 unspecified atom stereocenters. The van der Waals surface area contributed by atoms with Crippen LogP contribution in [0.5, 0.6) is 0 Å². The zero-order valence-electron chi connectivity index (χ0n) is 17.3. The average Bonchev–Trinajstić information content (AvgIpc) is 2.68. The van der Waals surface area contributed by atoms with Crippen LogP contribution in [0.15, 0.2) is 47.2 Å². The van der Waals surface area contributed by atoms with Crippen LogP contribution < -0.4 is 10.6 Å². The number of benzene rings is 1. The Bertz CT molecular complexity index is 936. The minimum atomic E-state index is 0.619. The van der Waals surface area contributed by atoms with Crippen molar-refractivity contribution in [2.45, 2.75) is 20.3 Å². The van der Waals surface area contributed by atoms with E-state index in [1.54, 1.807) is 12.4 Å². The number of aromatic nitrogens is 3. The van der Waals surface area contributed by atoms with Gasteiger partial charge in [0.25, 0.3) is 0 Å². The molecule has 7 heteroatoms. The second-order valence-electron chi connectivity index (χ2n) is 7.32. The number of rotatable bonds is 8. The monoisotopic (exact) mass is 454 g/mol. The molecule has 2 heterocycles. The minimum Gasteiger partial charge on any atom is -0.354 e. The Balaban J connectivity index is 1.90. The van der Waals surface area contributed by atoms with E-state index < -0.39 is 0 Å². The van der Waals surface area contributed by atoms with Crippen LogP contribution in [0.25, 0.3) is 11.3 Å². The fourth-order valence-corrected chi connectivity index (χ4v) is 3.78. The number of hydrogen-bond acceptors (Lipinski definition) is 6. The van der Waals surface area contributed by atoms with Crippen molar-refractivity contribution in [1.82, 2.24) is 19.9 Å². The summed E-state index contributed by atoms with van der Waals surface area (Å²) in [5.41, 5.74) is 5.23. The van der Waals surface area contributed by atoms with E-state index in [1.807, 2.05) is 18.2 Å². The molecule has 3 rings (SSSR count). The van der Waals surface area contributed by atoms with E-state index in [0.717, 1.165) is 57.9 Å². The third-order valence-corrected chi connectivity index (χ3v) is 4.98. The molecule has 152 valence electrons. The molecule has 29 heavy (non-hydrogen) atoms. The first-order valence-corrected chi connectivity index (χ1v) is 10.4. The Labute approximate surface area is 180 Å². The molecule has 0 atom stereocenters. The quantitative estimate of drug-likeness (QED) is 0.465. The number of halogens is 1. The van der Waals surface area contributed by atoms with E-state index in [1.165, 1.54) is 0 Å². The number of aryl methyl sites for hydroxylation is 2. The molecule has 0 aliphatic heterocycles. The van der Waals surface area contributed by atoms with Gasteiger partial charge in [0, 0.05) is 40.7 Å². The van der Waals surface area contributed by atoms with Gasteiger partial charge in [-0.3, -0.25) is 4.98 Å². The fourth-order valence-electron chi connectivity index (χ4n) is 3.09. The Morgan fingerprint density at radius 2 is 1.69 bits per heavy atom. The lowest BCUT2D eigenvalue weighted by molar-refractivity contribution is 0.405. The van der Waals surface area contributed by atoms with Crippen molar-refractivity contribution >= 4 is 33.4 Å². The van der Waals surface area contributed by atoms with Crippen molar-refractivity contribution < 1.29 is 0 Å². The van der Waals surface area contributed by atoms with Crippen molar-refractivity contribution in [3.8, 4) is 11.3 Å². The van der Waals surface area contributed by atoms with Gasteiger partial charge in [0.1, 0.15) is 5.82 Å². The maximum atomic E-state index is 4.71. The molecule has 0 bridgehead atoms. The van der Waals surface area contributed by atoms with Gasteiger partial charge in [0.15, 0.2) is 0 Å². The largest absolute Gasteiger partial charge is 0.354 e. The van der Waals surface area contributed by atoms with Crippen LogP contribution in [-0.4, -0.2) is 47.0 Å². The summed E-state index contributed by atoms with van der Waals surface area (Å²) < 4.78 is 1.07. The summed E-state index contributed by atoms with van der Waals surface area (Å²) in [4.78, 5) is 15.7. The molecule has 0 amide bonds. The normalized spacial score (nSPS) is 11.0. The van der Waals surface area contributed by atoms with Gasteiger partial charge in [-0.25, -0.2) is 4.98 Å². The van der Waals surface area contributed by atoms with Crippen molar-refractivity contribution in [2.75, 3.05) is 37.8 Å². The molecule has 0 aliphatic rings. The highest BCUT2D eigenvalue weighted by molar-refractivity contribution is 9.10. The number of hydrogen-bond donors (Lipinski definition) is 2. The Kier molecular flexibility index (Phi) is 7.17. The second kappa shape index (κ2) is 9.80. The summed E-state index contributed by atoms with van der Waals surface area (Å²) in [7, 11) is 4.15. The Hall–Kier alpha value is -2.51.